The van der Waals surface area contributed by atoms with Crippen LogP contribution in [0, 0.1) is 0 Å². The summed E-state index contributed by atoms with van der Waals surface area (Å²) in [6.07, 6.45) is 0. The van der Waals surface area contributed by atoms with E-state index in [-0.39, 0.29) is 16.3 Å². The summed E-state index contributed by atoms with van der Waals surface area (Å²) in [5, 5.41) is -1.16. The molecule has 0 bridgehead atoms. The Hall–Kier alpha value is -5.20. The maximum absolute atomic E-state index is 9.88. The summed E-state index contributed by atoms with van der Waals surface area (Å²) >= 11 is 0. The van der Waals surface area contributed by atoms with E-state index >= 15 is 0 Å². The highest BCUT2D eigenvalue weighted by Crippen LogP contribution is 2.46. The van der Waals surface area contributed by atoms with E-state index in [2.05, 4.69) is 0 Å². The van der Waals surface area contributed by atoms with E-state index in [4.69, 9.17) is 16.4 Å². The van der Waals surface area contributed by atoms with Crippen LogP contribution in [-0.4, -0.2) is 0 Å². The maximum Gasteiger partial charge on any atom is 0.0636 e. The fourth-order valence-corrected chi connectivity index (χ4v) is 5.09. The standard InChI is InChI=1S/C40H26/c1-2-11-27(12-3-1)31-23-24-37-38(26-31)39(32-22-21-28-13-4-5-15-30(28)25-32)35-18-8-9-19-36(35)40(37)34-20-10-16-29-14-6-7-17-33(29)34/h1-26H/i1D,2D,3D,4D,5D,8D,9D,11D,12D,13D,15D,18D,19D,21D,22D,23D,24D,25D,26D. The Morgan fingerprint density at radius 3 is 1.90 bits per heavy atom. The molecular weight excluding hydrogens is 480 g/mol. The topological polar surface area (TPSA) is 0 Å². The monoisotopic (exact) mass is 525 g/mol. The molecule has 0 aliphatic rings. The molecular formula is C40H26. The molecule has 0 unspecified atom stereocenters. The molecule has 8 aromatic rings. The zero-order valence-corrected chi connectivity index (χ0v) is 20.5. The van der Waals surface area contributed by atoms with Crippen LogP contribution >= 0.6 is 0 Å². The summed E-state index contributed by atoms with van der Waals surface area (Å²) in [5.41, 5.74) is -2.10. The Kier molecular flexibility index (Phi) is 2.48. The Labute approximate surface area is 260 Å². The summed E-state index contributed by atoms with van der Waals surface area (Å²) in [4.78, 5) is 0. The van der Waals surface area contributed by atoms with E-state index in [1.807, 2.05) is 0 Å². The molecule has 0 heteroatoms. The van der Waals surface area contributed by atoms with Crippen LogP contribution in [-0.2, 0) is 0 Å². The molecule has 0 aliphatic carbocycles. The first-order chi connectivity index (χ1) is 27.8. The average molecular weight is 526 g/mol. The van der Waals surface area contributed by atoms with Gasteiger partial charge in [-0.3, -0.25) is 0 Å². The van der Waals surface area contributed by atoms with E-state index in [1.165, 1.54) is 0 Å². The second-order valence-corrected chi connectivity index (χ2v) is 9.03. The van der Waals surface area contributed by atoms with Gasteiger partial charge in [-0.1, -0.05) is 145 Å². The van der Waals surface area contributed by atoms with Crippen molar-refractivity contribution in [2.24, 2.45) is 0 Å². The minimum Gasteiger partial charge on any atom is -0.0622 e. The minimum absolute atomic E-state index is 0.0472. The van der Waals surface area contributed by atoms with Crippen LogP contribution in [0.4, 0.5) is 0 Å². The maximum atomic E-state index is 9.88. The van der Waals surface area contributed by atoms with Crippen molar-refractivity contribution in [2.75, 3.05) is 0 Å². The van der Waals surface area contributed by atoms with Crippen LogP contribution in [0.15, 0.2) is 157 Å². The second-order valence-electron chi connectivity index (χ2n) is 9.03. The highest BCUT2D eigenvalue weighted by atomic mass is 14.2. The average Bonchev–Trinajstić information content (AvgIpc) is 3.22. The van der Waals surface area contributed by atoms with Crippen LogP contribution < -0.4 is 0 Å². The van der Waals surface area contributed by atoms with E-state index in [0.717, 1.165) is 0 Å². The molecule has 0 spiro atoms. The lowest BCUT2D eigenvalue weighted by atomic mass is 9.83. The zero-order chi connectivity index (χ0) is 43.0. The van der Waals surface area contributed by atoms with Gasteiger partial charge in [0.1, 0.15) is 0 Å². The molecule has 0 amide bonds. The van der Waals surface area contributed by atoms with Gasteiger partial charge < -0.3 is 0 Å². The van der Waals surface area contributed by atoms with Gasteiger partial charge >= 0.3 is 0 Å². The Bertz CT molecular complexity index is 3230. The van der Waals surface area contributed by atoms with Crippen molar-refractivity contribution in [3.63, 3.8) is 0 Å². The molecule has 0 atom stereocenters. The number of hydrogen-bond donors (Lipinski definition) is 0. The van der Waals surface area contributed by atoms with Gasteiger partial charge in [0.25, 0.3) is 0 Å². The largest absolute Gasteiger partial charge is 0.0636 e. The van der Waals surface area contributed by atoms with Crippen molar-refractivity contribution in [1.29, 1.82) is 0 Å². The van der Waals surface area contributed by atoms with Gasteiger partial charge in [0.2, 0.25) is 0 Å². The molecule has 0 saturated carbocycles. The summed E-state index contributed by atoms with van der Waals surface area (Å²) in [6.45, 7) is 0. The molecule has 0 heterocycles. The zero-order valence-electron chi connectivity index (χ0n) is 39.5. The Morgan fingerprint density at radius 1 is 0.350 bits per heavy atom. The van der Waals surface area contributed by atoms with E-state index in [0.29, 0.717) is 16.3 Å². The molecule has 186 valence electrons. The fourth-order valence-electron chi connectivity index (χ4n) is 5.09. The predicted molar refractivity (Wildman–Crippen MR) is 173 cm³/mol. The number of fused-ring (bicyclic) bond motifs is 4. The lowest BCUT2D eigenvalue weighted by Gasteiger charge is -2.20. The molecule has 0 aromatic heterocycles. The lowest BCUT2D eigenvalue weighted by Crippen LogP contribution is -1.92. The smallest absolute Gasteiger partial charge is 0.0622 e. The molecule has 8 aromatic carbocycles. The summed E-state index contributed by atoms with van der Waals surface area (Å²) in [5.74, 6) is 0. The summed E-state index contributed by atoms with van der Waals surface area (Å²) < 4.78 is 170. The summed E-state index contributed by atoms with van der Waals surface area (Å²) in [7, 11) is 0. The molecule has 0 N–H and O–H groups in total. The van der Waals surface area contributed by atoms with Crippen LogP contribution in [0.5, 0.6) is 0 Å². The molecule has 0 aliphatic heterocycles. The van der Waals surface area contributed by atoms with Crippen molar-refractivity contribution in [1.82, 2.24) is 0 Å². The van der Waals surface area contributed by atoms with Gasteiger partial charge in [0.05, 0.1) is 26.0 Å². The molecule has 8 rings (SSSR count). The highest BCUT2D eigenvalue weighted by Gasteiger charge is 2.18. The first kappa shape index (κ1) is 10.8. The Morgan fingerprint density at radius 2 is 1.02 bits per heavy atom. The van der Waals surface area contributed by atoms with E-state index in [1.54, 1.807) is 42.5 Å². The van der Waals surface area contributed by atoms with Crippen molar-refractivity contribution in [3.05, 3.63) is 157 Å². The highest BCUT2D eigenvalue weighted by molar-refractivity contribution is 6.24. The summed E-state index contributed by atoms with van der Waals surface area (Å²) in [6, 6.07) is -2.39. The van der Waals surface area contributed by atoms with Gasteiger partial charge in [0, 0.05) is 0 Å². The van der Waals surface area contributed by atoms with E-state index < -0.39 is 159 Å². The third kappa shape index (κ3) is 3.61. The molecule has 0 saturated heterocycles. The van der Waals surface area contributed by atoms with Gasteiger partial charge in [-0.2, -0.15) is 0 Å². The lowest BCUT2D eigenvalue weighted by molar-refractivity contribution is 1.64. The Balaban J connectivity index is 1.79. The minimum atomic E-state index is -0.828. The van der Waals surface area contributed by atoms with E-state index in [9.17, 15) is 9.60 Å². The van der Waals surface area contributed by atoms with Crippen LogP contribution in [0.2, 0.25) is 0 Å². The normalized spacial score (nSPS) is 18.1. The van der Waals surface area contributed by atoms with Crippen molar-refractivity contribution < 1.29 is 26.0 Å². The van der Waals surface area contributed by atoms with Gasteiger partial charge in [0.15, 0.2) is 0 Å². The second kappa shape index (κ2) is 9.22. The van der Waals surface area contributed by atoms with Gasteiger partial charge in [-0.05, 0) is 88.6 Å². The first-order valence-corrected chi connectivity index (χ1v) is 12.3. The van der Waals surface area contributed by atoms with Gasteiger partial charge in [-0.25, -0.2) is 0 Å². The fraction of sp³-hybridized carbons (Fsp3) is 0. The van der Waals surface area contributed by atoms with Crippen molar-refractivity contribution >= 4 is 43.1 Å². The number of hydrogen-bond acceptors (Lipinski definition) is 0. The van der Waals surface area contributed by atoms with Crippen molar-refractivity contribution in [2.45, 2.75) is 0 Å². The molecule has 40 heavy (non-hydrogen) atoms. The molecule has 0 radical (unpaired) electrons. The predicted octanol–water partition coefficient (Wildman–Crippen LogP) is 11.3. The van der Waals surface area contributed by atoms with Crippen LogP contribution in [0.3, 0.4) is 0 Å². The molecule has 0 fully saturated rings. The third-order valence-corrected chi connectivity index (χ3v) is 6.81. The number of rotatable bonds is 3. The van der Waals surface area contributed by atoms with Crippen molar-refractivity contribution in [3.8, 4) is 33.4 Å². The molecule has 0 nitrogen and oxygen atoms in total. The van der Waals surface area contributed by atoms with Gasteiger partial charge in [-0.15, -0.1) is 0 Å². The van der Waals surface area contributed by atoms with Crippen LogP contribution in [0.25, 0.3) is 76.5 Å². The number of benzene rings is 8. The van der Waals surface area contributed by atoms with Crippen LogP contribution in [0.1, 0.15) is 26.0 Å². The SMILES string of the molecule is [2H]c1c([2H])c([2H])c(-c2c([2H])c([2H])c3c(-c4cccc5ccccc45)c4c([2H])c([2H])c([2H])c([2H])c4c(-c4c([2H])c([2H])c5c([2H])c([2H])c([2H])c([2H])c5c4[2H])c3c2[2H])c([2H])c1[2H]. The third-order valence-electron chi connectivity index (χ3n) is 6.81. The first-order valence-electron chi connectivity index (χ1n) is 21.8. The quantitative estimate of drug-likeness (QED) is 0.201.